The maximum Gasteiger partial charge on any atom is 0.337 e. The lowest BCUT2D eigenvalue weighted by Gasteiger charge is -2.07. The highest BCUT2D eigenvalue weighted by molar-refractivity contribution is 7.89. The maximum absolute atomic E-state index is 12.0. The van der Waals surface area contributed by atoms with Crippen LogP contribution in [0.25, 0.3) is 0 Å². The normalized spacial score (nSPS) is 11.4. The average molecular weight is 333 g/mol. The van der Waals surface area contributed by atoms with Gasteiger partial charge in [0.1, 0.15) is 5.01 Å². The number of sulfonamides is 1. The van der Waals surface area contributed by atoms with E-state index in [4.69, 9.17) is 16.7 Å². The van der Waals surface area contributed by atoms with Crippen LogP contribution < -0.4 is 4.72 Å². The fraction of sp³-hybridized carbons (Fsp3) is 0.0909. The van der Waals surface area contributed by atoms with Crippen LogP contribution in [0.3, 0.4) is 0 Å². The molecule has 2 rings (SSSR count). The van der Waals surface area contributed by atoms with Gasteiger partial charge in [-0.25, -0.2) is 22.9 Å². The summed E-state index contributed by atoms with van der Waals surface area (Å²) >= 11 is 7.01. The molecule has 9 heteroatoms. The molecule has 0 amide bonds. The Balaban J connectivity index is 2.25. The molecule has 1 aromatic carbocycles. The summed E-state index contributed by atoms with van der Waals surface area (Å²) in [6.45, 7) is 0.0467. The first-order valence-corrected chi connectivity index (χ1v) is 8.05. The number of carboxylic acid groups (broad SMARTS) is 1. The predicted molar refractivity (Wildman–Crippen MR) is 74.6 cm³/mol. The Hall–Kier alpha value is -1.48. The molecule has 20 heavy (non-hydrogen) atoms. The Kier molecular flexibility index (Phi) is 4.39. The maximum atomic E-state index is 12.0. The number of nitrogens with zero attached hydrogens (tertiary/aromatic N) is 1. The lowest BCUT2D eigenvalue weighted by atomic mass is 10.2. The second kappa shape index (κ2) is 5.88. The summed E-state index contributed by atoms with van der Waals surface area (Å²) in [4.78, 5) is 14.7. The van der Waals surface area contributed by atoms with Crippen molar-refractivity contribution >= 4 is 38.9 Å². The molecular weight excluding hydrogens is 324 g/mol. The minimum Gasteiger partial charge on any atom is -0.478 e. The topological polar surface area (TPSA) is 96.4 Å². The molecule has 6 nitrogen and oxygen atoms in total. The van der Waals surface area contributed by atoms with Gasteiger partial charge in [0, 0.05) is 11.6 Å². The Morgan fingerprint density at radius 2 is 2.20 bits per heavy atom. The first-order chi connectivity index (χ1) is 9.40. The minimum absolute atomic E-state index is 0.0172. The number of benzene rings is 1. The number of halogens is 1. The summed E-state index contributed by atoms with van der Waals surface area (Å²) in [5.41, 5.74) is -0.260. The summed E-state index contributed by atoms with van der Waals surface area (Å²) in [7, 11) is -3.81. The molecule has 0 saturated heterocycles. The van der Waals surface area contributed by atoms with Crippen molar-refractivity contribution in [2.75, 3.05) is 0 Å². The van der Waals surface area contributed by atoms with Crippen LogP contribution in [0, 0.1) is 0 Å². The number of carboxylic acids is 1. The summed E-state index contributed by atoms with van der Waals surface area (Å²) in [5.74, 6) is -1.29. The Bertz CT molecular complexity index is 729. The summed E-state index contributed by atoms with van der Waals surface area (Å²) in [5, 5.41) is 11.3. The van der Waals surface area contributed by atoms with Crippen molar-refractivity contribution in [3.63, 3.8) is 0 Å². The van der Waals surface area contributed by atoms with Crippen LogP contribution in [0.5, 0.6) is 0 Å². The number of aromatic nitrogens is 1. The number of carbonyl (C=O) groups is 1. The van der Waals surface area contributed by atoms with E-state index in [2.05, 4.69) is 9.71 Å². The van der Waals surface area contributed by atoms with Gasteiger partial charge in [-0.1, -0.05) is 11.6 Å². The highest BCUT2D eigenvalue weighted by Crippen LogP contribution is 2.20. The number of hydrogen-bond acceptors (Lipinski definition) is 5. The Morgan fingerprint density at radius 1 is 1.45 bits per heavy atom. The van der Waals surface area contributed by atoms with Crippen LogP contribution in [0.4, 0.5) is 0 Å². The molecular formula is C11H9ClN2O4S2. The highest BCUT2D eigenvalue weighted by Gasteiger charge is 2.18. The summed E-state index contributed by atoms with van der Waals surface area (Å²) < 4.78 is 26.4. The standard InChI is InChI=1S/C11H9ClN2O4S2/c12-9-2-1-7(5-8(9)11(15)16)20(17,18)14-6-10-13-3-4-19-10/h1-5,14H,6H2,(H,15,16). The fourth-order valence-electron chi connectivity index (χ4n) is 1.42. The molecule has 0 aliphatic rings. The smallest absolute Gasteiger partial charge is 0.337 e. The van der Waals surface area contributed by atoms with E-state index in [-0.39, 0.29) is 22.0 Å². The Morgan fingerprint density at radius 3 is 2.80 bits per heavy atom. The summed E-state index contributed by atoms with van der Waals surface area (Å²) in [6.07, 6.45) is 1.57. The minimum atomic E-state index is -3.81. The van der Waals surface area contributed by atoms with Crippen molar-refractivity contribution in [3.05, 3.63) is 45.4 Å². The average Bonchev–Trinajstić information content (AvgIpc) is 2.89. The highest BCUT2D eigenvalue weighted by atomic mass is 35.5. The second-order valence-corrected chi connectivity index (χ2v) is 6.85. The van der Waals surface area contributed by atoms with Crippen LogP contribution in [0.2, 0.25) is 5.02 Å². The first kappa shape index (κ1) is 14.9. The van der Waals surface area contributed by atoms with Crippen LogP contribution in [0.1, 0.15) is 15.4 Å². The predicted octanol–water partition coefficient (Wildman–Crippen LogP) is 1.97. The van der Waals surface area contributed by atoms with Gasteiger partial charge in [-0.05, 0) is 18.2 Å². The third-order valence-electron chi connectivity index (χ3n) is 2.38. The first-order valence-electron chi connectivity index (χ1n) is 5.31. The van der Waals surface area contributed by atoms with Crippen molar-refractivity contribution < 1.29 is 18.3 Å². The Labute approximate surface area is 124 Å². The van der Waals surface area contributed by atoms with E-state index in [9.17, 15) is 13.2 Å². The molecule has 106 valence electrons. The molecule has 0 atom stereocenters. The zero-order valence-corrected chi connectivity index (χ0v) is 12.3. The van der Waals surface area contributed by atoms with Crippen molar-refractivity contribution in [1.29, 1.82) is 0 Å². The van der Waals surface area contributed by atoms with Gasteiger partial charge in [-0.2, -0.15) is 0 Å². The van der Waals surface area contributed by atoms with Gasteiger partial charge < -0.3 is 5.11 Å². The molecule has 0 aliphatic heterocycles. The van der Waals surface area contributed by atoms with Crippen LogP contribution in [0.15, 0.2) is 34.7 Å². The monoisotopic (exact) mass is 332 g/mol. The van der Waals surface area contributed by atoms with E-state index in [0.717, 1.165) is 6.07 Å². The molecule has 1 aromatic heterocycles. The third kappa shape index (κ3) is 3.34. The van der Waals surface area contributed by atoms with Gasteiger partial charge in [0.2, 0.25) is 10.0 Å². The molecule has 1 heterocycles. The van der Waals surface area contributed by atoms with E-state index in [1.54, 1.807) is 11.6 Å². The van der Waals surface area contributed by atoms with Gasteiger partial charge >= 0.3 is 5.97 Å². The van der Waals surface area contributed by atoms with Gasteiger partial charge in [-0.15, -0.1) is 11.3 Å². The van der Waals surface area contributed by atoms with Crippen LogP contribution in [-0.2, 0) is 16.6 Å². The van der Waals surface area contributed by atoms with E-state index < -0.39 is 16.0 Å². The number of nitrogens with one attached hydrogen (secondary N) is 1. The largest absolute Gasteiger partial charge is 0.478 e. The fourth-order valence-corrected chi connectivity index (χ4v) is 3.28. The molecule has 2 aromatic rings. The molecule has 0 saturated carbocycles. The van der Waals surface area contributed by atoms with Crippen molar-refractivity contribution in [3.8, 4) is 0 Å². The zero-order chi connectivity index (χ0) is 14.8. The van der Waals surface area contributed by atoms with Gasteiger partial charge in [0.15, 0.2) is 0 Å². The van der Waals surface area contributed by atoms with E-state index in [0.29, 0.717) is 5.01 Å². The second-order valence-electron chi connectivity index (χ2n) is 3.70. The molecule has 0 fully saturated rings. The van der Waals surface area contributed by atoms with Gasteiger partial charge in [-0.3, -0.25) is 0 Å². The van der Waals surface area contributed by atoms with Crippen LogP contribution >= 0.6 is 22.9 Å². The lowest BCUT2D eigenvalue weighted by Crippen LogP contribution is -2.23. The van der Waals surface area contributed by atoms with Crippen LogP contribution in [-0.4, -0.2) is 24.5 Å². The van der Waals surface area contributed by atoms with E-state index in [1.165, 1.54) is 23.5 Å². The molecule has 0 bridgehead atoms. The van der Waals surface area contributed by atoms with E-state index >= 15 is 0 Å². The van der Waals surface area contributed by atoms with Crippen molar-refractivity contribution in [1.82, 2.24) is 9.71 Å². The van der Waals surface area contributed by atoms with Crippen molar-refractivity contribution in [2.24, 2.45) is 0 Å². The molecule has 2 N–H and O–H groups in total. The quantitative estimate of drug-likeness (QED) is 0.872. The third-order valence-corrected chi connectivity index (χ3v) is 4.88. The van der Waals surface area contributed by atoms with Crippen molar-refractivity contribution in [2.45, 2.75) is 11.4 Å². The zero-order valence-electron chi connectivity index (χ0n) is 9.91. The number of thiazole rings is 1. The van der Waals surface area contributed by atoms with Gasteiger partial charge in [0.05, 0.1) is 22.0 Å². The van der Waals surface area contributed by atoms with E-state index in [1.807, 2.05) is 0 Å². The van der Waals surface area contributed by atoms with Gasteiger partial charge in [0.25, 0.3) is 0 Å². The molecule has 0 unspecified atom stereocenters. The SMILES string of the molecule is O=C(O)c1cc(S(=O)(=O)NCc2nccs2)ccc1Cl. The number of hydrogen-bond donors (Lipinski definition) is 2. The lowest BCUT2D eigenvalue weighted by molar-refractivity contribution is 0.0697. The molecule has 0 radical (unpaired) electrons. The summed E-state index contributed by atoms with van der Waals surface area (Å²) in [6, 6.07) is 3.51. The number of rotatable bonds is 5. The number of aromatic carboxylic acids is 1. The molecule has 0 spiro atoms. The molecule has 0 aliphatic carbocycles.